The zero-order chi connectivity index (χ0) is 50.2. The van der Waals surface area contributed by atoms with Crippen LogP contribution in [0.5, 0.6) is 0 Å². The van der Waals surface area contributed by atoms with Gasteiger partial charge in [0.05, 0.1) is 30.0 Å². The van der Waals surface area contributed by atoms with Gasteiger partial charge in [0.2, 0.25) is 5.76 Å². The Kier molecular flexibility index (Phi) is 25.5. The van der Waals surface area contributed by atoms with Crippen molar-refractivity contribution < 1.29 is 36.4 Å². The number of thiazole rings is 1. The number of nitrogens with zero attached hydrogens (tertiary/aromatic N) is 2. The largest absolute Gasteiger partial charge is 0.494 e. The van der Waals surface area contributed by atoms with E-state index in [9.17, 15) is 18.0 Å². The van der Waals surface area contributed by atoms with Crippen LogP contribution in [0, 0.1) is 6.92 Å². The van der Waals surface area contributed by atoms with Crippen molar-refractivity contribution in [2.24, 2.45) is 0 Å². The molecule has 8 unspecified atom stereocenters. The van der Waals surface area contributed by atoms with Gasteiger partial charge in [-0.25, -0.2) is 4.98 Å². The topological polar surface area (TPSA) is 74.0 Å². The van der Waals surface area contributed by atoms with Gasteiger partial charge in [-0.3, -0.25) is 9.69 Å². The van der Waals surface area contributed by atoms with Gasteiger partial charge in [0, 0.05) is 18.5 Å². The number of carbonyl (C=O) groups is 1. The van der Waals surface area contributed by atoms with Crippen molar-refractivity contribution in [2.75, 3.05) is 6.61 Å². The first-order valence-corrected chi connectivity index (χ1v) is 46.7. The Morgan fingerprint density at radius 2 is 1.36 bits per heavy atom. The third-order valence-electron chi connectivity index (χ3n) is 10.8. The Morgan fingerprint density at radius 3 is 1.84 bits per heavy atom. The lowest BCUT2D eigenvalue weighted by atomic mass is 9.79. The van der Waals surface area contributed by atoms with Crippen LogP contribution in [0.25, 0.3) is 10.8 Å². The average molecular weight is 1260 g/mol. The summed E-state index contributed by atoms with van der Waals surface area (Å²) in [4.78, 5) is 17.9. The summed E-state index contributed by atoms with van der Waals surface area (Å²) in [5, 5.41) is 4.12. The second-order valence-corrected chi connectivity index (χ2v) is 72.3. The highest BCUT2D eigenvalue weighted by Gasteiger charge is 2.51. The molecule has 27 heteroatoms. The summed E-state index contributed by atoms with van der Waals surface area (Å²) in [5.41, 5.74) is 3.44. The summed E-state index contributed by atoms with van der Waals surface area (Å²) in [6.45, 7) is 18.0. The molecule has 5 aromatic rings. The summed E-state index contributed by atoms with van der Waals surface area (Å²) < 4.78 is 62.9. The van der Waals surface area contributed by atoms with Gasteiger partial charge in [0.1, 0.15) is 11.2 Å². The Balaban J connectivity index is 0.000000286. The van der Waals surface area contributed by atoms with E-state index in [1.807, 2.05) is 83.3 Å². The van der Waals surface area contributed by atoms with Gasteiger partial charge in [0.15, 0.2) is 3.92 Å². The fourth-order valence-electron chi connectivity index (χ4n) is 6.46. The van der Waals surface area contributed by atoms with Crippen molar-refractivity contribution in [3.05, 3.63) is 116 Å². The van der Waals surface area contributed by atoms with Crippen molar-refractivity contribution in [2.45, 2.75) is 97.8 Å². The van der Waals surface area contributed by atoms with Gasteiger partial charge < -0.3 is 18.5 Å². The summed E-state index contributed by atoms with van der Waals surface area (Å²) in [7, 11) is 23.9. The fourth-order valence-corrected chi connectivity index (χ4v) is 155. The zero-order valence-electron chi connectivity index (χ0n) is 38.6. The van der Waals surface area contributed by atoms with Crippen LogP contribution >= 0.6 is 141 Å². The van der Waals surface area contributed by atoms with Crippen LogP contribution in [0.1, 0.15) is 82.4 Å². The highest BCUT2D eigenvalue weighted by Crippen LogP contribution is 3.21. The molecule has 1 aliphatic rings. The minimum absolute atomic E-state index is 0.0856. The number of esters is 1. The standard InChI is InChI=1S/C31H33BF3NO3.C9H12BrNO2S.H16P14/c1-21-10-13-23-8-6-7-9-26(23)27(21)20-36(19-25-16-17-28(37-25)31(33,34)35)18-22-11-14-24(15-12-22)32-38-29(2,3)30(4,5)39-32;1-4-13-7(12)9(2,3)6-5-14-8(10)11-6;1-9(2)13(10(3)4)14(11(5)6)12(7)8/h6-17H,18-20H2,1-5H3;5H,4H2,1-3H3;1-8H2. The van der Waals surface area contributed by atoms with Crippen LogP contribution in [-0.4, -0.2) is 40.8 Å². The van der Waals surface area contributed by atoms with Gasteiger partial charge in [-0.2, -0.15) is 13.2 Å². The van der Waals surface area contributed by atoms with Gasteiger partial charge in [-0.05, 0) is 158 Å². The molecule has 1 aliphatic heterocycles. The van der Waals surface area contributed by atoms with Gasteiger partial charge in [-0.15, -0.1) is 82.8 Å². The summed E-state index contributed by atoms with van der Waals surface area (Å²) in [5.74, 6) is -0.947. The van der Waals surface area contributed by atoms with E-state index in [2.05, 4.69) is 128 Å². The van der Waals surface area contributed by atoms with E-state index in [0.29, 0.717) is 19.7 Å². The fraction of sp³-hybridized carbons (Fsp3) is 0.400. The van der Waals surface area contributed by atoms with Crippen LogP contribution in [0.3, 0.4) is 0 Å². The van der Waals surface area contributed by atoms with Crippen LogP contribution in [0.2, 0.25) is 0 Å². The number of hydrogen-bond donors (Lipinski definition) is 0. The van der Waals surface area contributed by atoms with E-state index >= 15 is 0 Å². The molecule has 0 amide bonds. The zero-order valence-corrected chi connectivity index (χ0v) is 55.6. The molecular weight excluding hydrogens is 1200 g/mol. The minimum Gasteiger partial charge on any atom is -0.465 e. The summed E-state index contributed by atoms with van der Waals surface area (Å²) >= 11 is 4.73. The first-order chi connectivity index (χ1) is 31.1. The van der Waals surface area contributed by atoms with Crippen LogP contribution in [0.4, 0.5) is 13.2 Å². The van der Waals surface area contributed by atoms with E-state index in [4.69, 9.17) is 18.5 Å². The first kappa shape index (κ1) is 62.1. The lowest BCUT2D eigenvalue weighted by Gasteiger charge is -2.37. The molecule has 0 aliphatic carbocycles. The summed E-state index contributed by atoms with van der Waals surface area (Å²) in [6, 6.07) is 22.8. The predicted octanol–water partition coefficient (Wildman–Crippen LogP) is 17.8. The number of aromatic nitrogens is 1. The molecule has 67 heavy (non-hydrogen) atoms. The van der Waals surface area contributed by atoms with Gasteiger partial charge >= 0.3 is 19.3 Å². The maximum Gasteiger partial charge on any atom is 0.494 e. The van der Waals surface area contributed by atoms with Crippen LogP contribution < -0.4 is 5.46 Å². The highest BCUT2D eigenvalue weighted by atomic mass is 79.9. The Morgan fingerprint density at radius 1 is 0.806 bits per heavy atom. The number of furan rings is 1. The van der Waals surface area contributed by atoms with Crippen LogP contribution in [-0.2, 0) is 50.1 Å². The lowest BCUT2D eigenvalue weighted by molar-refractivity contribution is -0.153. The molecule has 6 rings (SSSR count). The molecule has 0 saturated carbocycles. The molecule has 8 atom stereocenters. The van der Waals surface area contributed by atoms with Gasteiger partial charge in [-0.1, -0.05) is 60.7 Å². The smallest absolute Gasteiger partial charge is 0.465 e. The molecule has 0 radical (unpaired) electrons. The molecule has 3 heterocycles. The molecule has 1 fully saturated rings. The molecule has 368 valence electrons. The lowest BCUT2D eigenvalue weighted by Crippen LogP contribution is -2.41. The number of aryl methyl sites for hydroxylation is 1. The first-order valence-electron chi connectivity index (χ1n) is 20.5. The Hall–Kier alpha value is 2.53. The number of rotatable bonds is 15. The molecule has 3 aromatic carbocycles. The normalized spacial score (nSPS) is 15.0. The third-order valence-corrected chi connectivity index (χ3v) is 91.0. The van der Waals surface area contributed by atoms with Crippen LogP contribution in [0.15, 0.2) is 86.5 Å². The average Bonchev–Trinajstić information content (AvgIpc) is 3.95. The van der Waals surface area contributed by atoms with Crippen molar-refractivity contribution in [1.29, 1.82) is 0 Å². The molecule has 1 saturated heterocycles. The molecule has 0 bridgehead atoms. The van der Waals surface area contributed by atoms with Crippen molar-refractivity contribution in [1.82, 2.24) is 9.88 Å². The Bertz CT molecular complexity index is 2330. The number of alkyl halides is 3. The van der Waals surface area contributed by atoms with E-state index in [1.54, 1.807) is 6.92 Å². The number of halogens is 4. The minimum atomic E-state index is -4.52. The van der Waals surface area contributed by atoms with E-state index in [0.717, 1.165) is 48.6 Å². The maximum atomic E-state index is 13.2. The monoisotopic (exact) mass is 1260 g/mol. The summed E-state index contributed by atoms with van der Waals surface area (Å²) in [6.07, 6.45) is -4.52. The second-order valence-electron chi connectivity index (χ2n) is 16.7. The number of fused-ring (bicyclic) bond motifs is 1. The highest BCUT2D eigenvalue weighted by molar-refractivity contribution is 9.27. The molecule has 7 nitrogen and oxygen atoms in total. The van der Waals surface area contributed by atoms with Gasteiger partial charge in [0.25, 0.3) is 0 Å². The van der Waals surface area contributed by atoms with E-state index in [-0.39, 0.29) is 60.2 Å². The maximum absolute atomic E-state index is 13.2. The molecule has 0 spiro atoms. The van der Waals surface area contributed by atoms with E-state index < -0.39 is 35.7 Å². The third kappa shape index (κ3) is 17.8. The number of hydrogen-bond acceptors (Lipinski definition) is 8. The SMILES string of the molecule is CCOC(=O)C(C)(C)c1csc(Br)n1.Cc1ccc2ccccc2c1CN(Cc1ccc(B2OC(C)(C)C(C)(C)O2)cc1)Cc1ccc(C(F)(F)F)o1.PP(P)P(P(P)P)P(P(P)P)P(P)P. The molecule has 0 N–H and O–H groups in total. The van der Waals surface area contributed by atoms with E-state index in [1.165, 1.54) is 17.4 Å². The molecular formula is C40H61BBrF3N2O5P14S. The van der Waals surface area contributed by atoms with Crippen molar-refractivity contribution in [3.63, 3.8) is 0 Å². The molecule has 2 aromatic heterocycles. The number of benzene rings is 3. The van der Waals surface area contributed by atoms with Crippen molar-refractivity contribution in [3.8, 4) is 0 Å². The number of carbonyl (C=O) groups excluding carboxylic acids is 1. The Labute approximate surface area is 433 Å². The predicted molar refractivity (Wildman–Crippen MR) is 326 cm³/mol. The quantitative estimate of drug-likeness (QED) is 0.0587. The second kappa shape index (κ2) is 27.5. The van der Waals surface area contributed by atoms with Crippen molar-refractivity contribution >= 4 is 170 Å². The number of ether oxygens (including phenoxy) is 1.